The van der Waals surface area contributed by atoms with Gasteiger partial charge in [0, 0.05) is 11.7 Å². The van der Waals surface area contributed by atoms with Gasteiger partial charge in [0.1, 0.15) is 0 Å². The van der Waals surface area contributed by atoms with E-state index >= 15 is 0 Å². The Balaban J connectivity index is 2.39. The first-order chi connectivity index (χ1) is 6.74. The van der Waals surface area contributed by atoms with E-state index in [-0.39, 0.29) is 5.91 Å². The number of para-hydroxylation sites is 1. The smallest absolute Gasteiger partial charge is 0.231 e. The van der Waals surface area contributed by atoms with Crippen molar-refractivity contribution >= 4 is 11.6 Å². The predicted octanol–water partition coefficient (Wildman–Crippen LogP) is 2.37. The summed E-state index contributed by atoms with van der Waals surface area (Å²) in [6.45, 7) is 4.21. The van der Waals surface area contributed by atoms with Crippen LogP contribution < -0.4 is 4.90 Å². The lowest BCUT2D eigenvalue weighted by Crippen LogP contribution is -2.35. The van der Waals surface area contributed by atoms with Crippen molar-refractivity contribution in [2.75, 3.05) is 4.90 Å². The molecule has 0 spiro atoms. The maximum atomic E-state index is 11.8. The van der Waals surface area contributed by atoms with Crippen molar-refractivity contribution in [2.24, 2.45) is 0 Å². The van der Waals surface area contributed by atoms with E-state index in [1.165, 1.54) is 0 Å². The second kappa shape index (κ2) is 3.45. The molecule has 1 heterocycles. The van der Waals surface area contributed by atoms with Gasteiger partial charge in [0.15, 0.2) is 0 Å². The van der Waals surface area contributed by atoms with Crippen LogP contribution in [0.1, 0.15) is 25.8 Å². The van der Waals surface area contributed by atoms with E-state index in [1.807, 2.05) is 29.2 Å². The summed E-state index contributed by atoms with van der Waals surface area (Å²) in [5, 5.41) is 0. The molecule has 1 aromatic rings. The fourth-order valence-corrected chi connectivity index (χ4v) is 1.94. The SMILES string of the molecule is CCC(C)N1C(=O)Cc2ccccc21. The summed E-state index contributed by atoms with van der Waals surface area (Å²) in [5.41, 5.74) is 2.27. The Bertz CT molecular complexity index is 359. The highest BCUT2D eigenvalue weighted by atomic mass is 16.2. The minimum absolute atomic E-state index is 0.237. The van der Waals surface area contributed by atoms with Crippen LogP contribution in [0.25, 0.3) is 0 Å². The standard InChI is InChI=1S/C12H15NO/c1-3-9(2)13-11-7-5-4-6-10(11)8-12(13)14/h4-7,9H,3,8H2,1-2H3. The van der Waals surface area contributed by atoms with Gasteiger partial charge in [-0.3, -0.25) is 4.79 Å². The maximum absolute atomic E-state index is 11.8. The monoisotopic (exact) mass is 189 g/mol. The van der Waals surface area contributed by atoms with E-state index in [4.69, 9.17) is 0 Å². The van der Waals surface area contributed by atoms with E-state index < -0.39 is 0 Å². The lowest BCUT2D eigenvalue weighted by atomic mass is 10.1. The van der Waals surface area contributed by atoms with Crippen LogP contribution >= 0.6 is 0 Å². The van der Waals surface area contributed by atoms with Crippen molar-refractivity contribution in [2.45, 2.75) is 32.7 Å². The molecular formula is C12H15NO. The molecule has 0 radical (unpaired) electrons. The zero-order valence-corrected chi connectivity index (χ0v) is 8.66. The highest BCUT2D eigenvalue weighted by Crippen LogP contribution is 2.30. The van der Waals surface area contributed by atoms with E-state index in [0.29, 0.717) is 12.5 Å². The summed E-state index contributed by atoms with van der Waals surface area (Å²) < 4.78 is 0. The Morgan fingerprint density at radius 2 is 2.14 bits per heavy atom. The van der Waals surface area contributed by atoms with Crippen LogP contribution in [0, 0.1) is 0 Å². The number of carbonyl (C=O) groups excluding carboxylic acids is 1. The fourth-order valence-electron chi connectivity index (χ4n) is 1.94. The van der Waals surface area contributed by atoms with Crippen molar-refractivity contribution in [1.29, 1.82) is 0 Å². The molecule has 2 nitrogen and oxygen atoms in total. The van der Waals surface area contributed by atoms with Gasteiger partial charge < -0.3 is 4.90 Å². The van der Waals surface area contributed by atoms with Gasteiger partial charge in [0.2, 0.25) is 5.91 Å². The molecule has 0 N–H and O–H groups in total. The Morgan fingerprint density at radius 1 is 1.43 bits per heavy atom. The second-order valence-corrected chi connectivity index (χ2v) is 3.83. The Morgan fingerprint density at radius 3 is 2.86 bits per heavy atom. The third-order valence-electron chi connectivity index (χ3n) is 2.89. The normalized spacial score (nSPS) is 17.0. The molecule has 2 rings (SSSR count). The molecule has 1 atom stereocenters. The van der Waals surface area contributed by atoms with E-state index in [9.17, 15) is 4.79 Å². The van der Waals surface area contributed by atoms with Crippen LogP contribution in [-0.4, -0.2) is 11.9 Å². The number of anilines is 1. The van der Waals surface area contributed by atoms with Gasteiger partial charge in [-0.25, -0.2) is 0 Å². The summed E-state index contributed by atoms with van der Waals surface area (Å²) in [5.74, 6) is 0.237. The highest BCUT2D eigenvalue weighted by molar-refractivity contribution is 6.01. The van der Waals surface area contributed by atoms with Crippen molar-refractivity contribution in [3.8, 4) is 0 Å². The van der Waals surface area contributed by atoms with E-state index in [2.05, 4.69) is 13.8 Å². The van der Waals surface area contributed by atoms with Gasteiger partial charge in [-0.15, -0.1) is 0 Å². The van der Waals surface area contributed by atoms with Gasteiger partial charge in [-0.1, -0.05) is 25.1 Å². The van der Waals surface area contributed by atoms with Crippen LogP contribution in [0.2, 0.25) is 0 Å². The molecule has 0 fully saturated rings. The van der Waals surface area contributed by atoms with Crippen LogP contribution in [-0.2, 0) is 11.2 Å². The van der Waals surface area contributed by atoms with Crippen LogP contribution in [0.3, 0.4) is 0 Å². The van der Waals surface area contributed by atoms with E-state index in [1.54, 1.807) is 0 Å². The lowest BCUT2D eigenvalue weighted by molar-refractivity contribution is -0.117. The number of rotatable bonds is 2. The lowest BCUT2D eigenvalue weighted by Gasteiger charge is -2.24. The summed E-state index contributed by atoms with van der Waals surface area (Å²) >= 11 is 0. The van der Waals surface area contributed by atoms with Gasteiger partial charge in [-0.05, 0) is 25.0 Å². The Kier molecular flexibility index (Phi) is 2.28. The number of nitrogens with zero attached hydrogens (tertiary/aromatic N) is 1. The van der Waals surface area contributed by atoms with Crippen LogP contribution in [0.4, 0.5) is 5.69 Å². The van der Waals surface area contributed by atoms with Gasteiger partial charge in [0.05, 0.1) is 6.42 Å². The van der Waals surface area contributed by atoms with Crippen LogP contribution in [0.15, 0.2) is 24.3 Å². The minimum Gasteiger partial charge on any atom is -0.309 e. The third kappa shape index (κ3) is 1.31. The third-order valence-corrected chi connectivity index (χ3v) is 2.89. The Hall–Kier alpha value is -1.31. The molecular weight excluding hydrogens is 174 g/mol. The Labute approximate surface area is 84.5 Å². The number of benzene rings is 1. The first-order valence-corrected chi connectivity index (χ1v) is 5.14. The topological polar surface area (TPSA) is 20.3 Å². The molecule has 14 heavy (non-hydrogen) atoms. The summed E-state index contributed by atoms with van der Waals surface area (Å²) in [6, 6.07) is 8.37. The molecule has 1 unspecified atom stereocenters. The predicted molar refractivity (Wildman–Crippen MR) is 57.4 cm³/mol. The fraction of sp³-hybridized carbons (Fsp3) is 0.417. The largest absolute Gasteiger partial charge is 0.309 e. The second-order valence-electron chi connectivity index (χ2n) is 3.83. The average Bonchev–Trinajstić information content (AvgIpc) is 2.53. The van der Waals surface area contributed by atoms with Gasteiger partial charge in [-0.2, -0.15) is 0 Å². The average molecular weight is 189 g/mol. The molecule has 74 valence electrons. The zero-order valence-electron chi connectivity index (χ0n) is 8.66. The molecule has 1 aliphatic rings. The molecule has 2 heteroatoms. The zero-order chi connectivity index (χ0) is 10.1. The van der Waals surface area contributed by atoms with Gasteiger partial charge >= 0.3 is 0 Å². The summed E-state index contributed by atoms with van der Waals surface area (Å²) in [4.78, 5) is 13.7. The quantitative estimate of drug-likeness (QED) is 0.699. The van der Waals surface area contributed by atoms with Crippen molar-refractivity contribution in [3.05, 3.63) is 29.8 Å². The first-order valence-electron chi connectivity index (χ1n) is 5.14. The van der Waals surface area contributed by atoms with Crippen molar-refractivity contribution in [3.63, 3.8) is 0 Å². The van der Waals surface area contributed by atoms with Crippen molar-refractivity contribution in [1.82, 2.24) is 0 Å². The molecule has 0 saturated heterocycles. The molecule has 1 aromatic carbocycles. The molecule has 1 amide bonds. The number of hydrogen-bond acceptors (Lipinski definition) is 1. The van der Waals surface area contributed by atoms with Crippen LogP contribution in [0.5, 0.6) is 0 Å². The number of amides is 1. The molecule has 0 aromatic heterocycles. The van der Waals surface area contributed by atoms with Gasteiger partial charge in [0.25, 0.3) is 0 Å². The maximum Gasteiger partial charge on any atom is 0.231 e. The summed E-state index contributed by atoms with van der Waals surface area (Å²) in [6.07, 6.45) is 1.57. The number of carbonyl (C=O) groups is 1. The first kappa shape index (κ1) is 9.25. The minimum atomic E-state index is 0.237. The van der Waals surface area contributed by atoms with E-state index in [0.717, 1.165) is 17.7 Å². The highest BCUT2D eigenvalue weighted by Gasteiger charge is 2.29. The number of hydrogen-bond donors (Lipinski definition) is 0. The number of fused-ring (bicyclic) bond motifs is 1. The molecule has 1 aliphatic heterocycles. The van der Waals surface area contributed by atoms with Crippen molar-refractivity contribution < 1.29 is 4.79 Å². The molecule has 0 bridgehead atoms. The molecule has 0 aliphatic carbocycles. The molecule has 0 saturated carbocycles. The summed E-state index contributed by atoms with van der Waals surface area (Å²) in [7, 11) is 0.